The van der Waals surface area contributed by atoms with Crippen LogP contribution in [0.25, 0.3) is 0 Å². The number of rotatable bonds is 8. The van der Waals surface area contributed by atoms with Gasteiger partial charge in [0, 0.05) is 25.0 Å². The fourth-order valence-corrected chi connectivity index (χ4v) is 2.09. The largest absolute Gasteiger partial charge is 0.379 e. The van der Waals surface area contributed by atoms with Crippen LogP contribution in [0.1, 0.15) is 46.9 Å². The highest BCUT2D eigenvalue weighted by Crippen LogP contribution is 2.13. The van der Waals surface area contributed by atoms with Crippen molar-refractivity contribution in [2.75, 3.05) is 18.5 Å². The van der Waals surface area contributed by atoms with E-state index in [1.165, 1.54) is 6.20 Å². The number of ether oxygens (including phenoxy) is 1. The molecule has 3 N–H and O–H groups in total. The van der Waals surface area contributed by atoms with Gasteiger partial charge < -0.3 is 15.4 Å². The average Bonchev–Trinajstić information content (AvgIpc) is 3.02. The Labute approximate surface area is 146 Å². The molecule has 0 aromatic carbocycles. The van der Waals surface area contributed by atoms with Crippen LogP contribution in [0, 0.1) is 6.92 Å². The molecule has 0 bridgehead atoms. The van der Waals surface area contributed by atoms with Crippen LogP contribution in [0.2, 0.25) is 0 Å². The van der Waals surface area contributed by atoms with Gasteiger partial charge in [0.2, 0.25) is 0 Å². The first-order valence-corrected chi connectivity index (χ1v) is 8.16. The van der Waals surface area contributed by atoms with E-state index in [2.05, 4.69) is 25.8 Å². The van der Waals surface area contributed by atoms with E-state index in [4.69, 9.17) is 4.74 Å². The maximum absolute atomic E-state index is 12.2. The van der Waals surface area contributed by atoms with Crippen LogP contribution in [0.4, 0.5) is 5.69 Å². The van der Waals surface area contributed by atoms with E-state index in [1.54, 1.807) is 25.1 Å². The Morgan fingerprint density at radius 2 is 2.08 bits per heavy atom. The minimum Gasteiger partial charge on any atom is -0.379 e. The lowest BCUT2D eigenvalue weighted by atomic mass is 10.2. The van der Waals surface area contributed by atoms with Gasteiger partial charge in [0.15, 0.2) is 5.69 Å². The van der Waals surface area contributed by atoms with Crippen LogP contribution in [-0.4, -0.2) is 46.3 Å². The van der Waals surface area contributed by atoms with Crippen LogP contribution in [-0.2, 0) is 4.74 Å². The Hall–Kier alpha value is -2.74. The van der Waals surface area contributed by atoms with Crippen LogP contribution in [0.5, 0.6) is 0 Å². The topological polar surface area (TPSA) is 109 Å². The third-order valence-corrected chi connectivity index (χ3v) is 3.28. The van der Waals surface area contributed by atoms with E-state index in [9.17, 15) is 9.59 Å². The predicted octanol–water partition coefficient (Wildman–Crippen LogP) is 1.91. The molecule has 0 fully saturated rings. The second kappa shape index (κ2) is 8.93. The zero-order valence-electron chi connectivity index (χ0n) is 14.6. The molecule has 8 nitrogen and oxygen atoms in total. The van der Waals surface area contributed by atoms with Crippen LogP contribution >= 0.6 is 0 Å². The summed E-state index contributed by atoms with van der Waals surface area (Å²) >= 11 is 0. The number of aromatic nitrogens is 3. The van der Waals surface area contributed by atoms with E-state index in [1.807, 2.05) is 13.8 Å². The number of carbonyl (C=O) groups excluding carboxylic acids is 2. The quantitative estimate of drug-likeness (QED) is 0.633. The summed E-state index contributed by atoms with van der Waals surface area (Å²) in [6.45, 7) is 6.75. The fraction of sp³-hybridized carbons (Fsp3) is 0.412. The van der Waals surface area contributed by atoms with E-state index < -0.39 is 5.91 Å². The van der Waals surface area contributed by atoms with Crippen molar-refractivity contribution < 1.29 is 14.3 Å². The Morgan fingerprint density at radius 3 is 2.80 bits per heavy atom. The number of carbonyl (C=O) groups is 2. The SMILES string of the molecule is Cc1cccc(C(=O)Nc2c[nH]nc2C(=O)NCCCOC(C)C)n1. The molecule has 0 spiro atoms. The van der Waals surface area contributed by atoms with Crippen molar-refractivity contribution in [3.05, 3.63) is 41.5 Å². The smallest absolute Gasteiger partial charge is 0.274 e. The predicted molar refractivity (Wildman–Crippen MR) is 93.6 cm³/mol. The molecule has 2 amide bonds. The molecule has 0 aliphatic heterocycles. The highest BCUT2D eigenvalue weighted by atomic mass is 16.5. The molecule has 0 saturated heterocycles. The van der Waals surface area contributed by atoms with E-state index in [0.29, 0.717) is 25.3 Å². The van der Waals surface area contributed by atoms with E-state index in [-0.39, 0.29) is 23.4 Å². The first-order valence-electron chi connectivity index (χ1n) is 8.16. The first-order chi connectivity index (χ1) is 12.0. The molecule has 0 unspecified atom stereocenters. The van der Waals surface area contributed by atoms with Gasteiger partial charge in [-0.3, -0.25) is 14.7 Å². The van der Waals surface area contributed by atoms with Crippen molar-refractivity contribution in [3.8, 4) is 0 Å². The average molecular weight is 345 g/mol. The molecule has 0 saturated carbocycles. The molecule has 2 rings (SSSR count). The molecular formula is C17H23N5O3. The number of aromatic amines is 1. The van der Waals surface area contributed by atoms with Gasteiger partial charge in [-0.15, -0.1) is 0 Å². The summed E-state index contributed by atoms with van der Waals surface area (Å²) in [5.41, 5.74) is 1.45. The lowest BCUT2D eigenvalue weighted by Gasteiger charge is -2.08. The maximum Gasteiger partial charge on any atom is 0.274 e. The summed E-state index contributed by atoms with van der Waals surface area (Å²) in [5, 5.41) is 11.9. The molecule has 0 radical (unpaired) electrons. The molecule has 8 heteroatoms. The molecule has 134 valence electrons. The van der Waals surface area contributed by atoms with Crippen molar-refractivity contribution in [1.29, 1.82) is 0 Å². The maximum atomic E-state index is 12.2. The van der Waals surface area contributed by atoms with Gasteiger partial charge in [-0.25, -0.2) is 4.98 Å². The van der Waals surface area contributed by atoms with Crippen LogP contribution in [0.3, 0.4) is 0 Å². The van der Waals surface area contributed by atoms with E-state index in [0.717, 1.165) is 5.69 Å². The van der Waals surface area contributed by atoms with Crippen molar-refractivity contribution in [2.24, 2.45) is 0 Å². The highest BCUT2D eigenvalue weighted by molar-refractivity contribution is 6.07. The van der Waals surface area contributed by atoms with E-state index >= 15 is 0 Å². The van der Waals surface area contributed by atoms with Crippen LogP contribution in [0.15, 0.2) is 24.4 Å². The molecule has 0 aliphatic rings. The lowest BCUT2D eigenvalue weighted by molar-refractivity contribution is 0.0756. The molecule has 25 heavy (non-hydrogen) atoms. The zero-order valence-corrected chi connectivity index (χ0v) is 14.6. The van der Waals surface area contributed by atoms with Crippen LogP contribution < -0.4 is 10.6 Å². The number of amides is 2. The second-order valence-electron chi connectivity index (χ2n) is 5.79. The molecule has 0 atom stereocenters. The van der Waals surface area contributed by atoms with Gasteiger partial charge in [0.1, 0.15) is 5.69 Å². The van der Waals surface area contributed by atoms with Gasteiger partial charge in [0.05, 0.1) is 11.8 Å². The number of pyridine rings is 1. The number of nitrogens with one attached hydrogen (secondary N) is 3. The molecule has 2 aromatic rings. The summed E-state index contributed by atoms with van der Waals surface area (Å²) in [5.74, 6) is -0.761. The summed E-state index contributed by atoms with van der Waals surface area (Å²) in [4.78, 5) is 28.6. The van der Waals surface area contributed by atoms with Crippen molar-refractivity contribution in [2.45, 2.75) is 33.3 Å². The minimum atomic E-state index is -0.399. The van der Waals surface area contributed by atoms with Gasteiger partial charge in [0.25, 0.3) is 11.8 Å². The highest BCUT2D eigenvalue weighted by Gasteiger charge is 2.17. The van der Waals surface area contributed by atoms with Crippen molar-refractivity contribution >= 4 is 17.5 Å². The number of nitrogens with zero attached hydrogens (tertiary/aromatic N) is 2. The Balaban J connectivity index is 1.91. The van der Waals surface area contributed by atoms with Crippen molar-refractivity contribution in [3.63, 3.8) is 0 Å². The molecule has 2 aromatic heterocycles. The molecular weight excluding hydrogens is 322 g/mol. The van der Waals surface area contributed by atoms with Gasteiger partial charge in [-0.05, 0) is 39.3 Å². The second-order valence-corrected chi connectivity index (χ2v) is 5.79. The third kappa shape index (κ3) is 5.68. The molecule has 0 aliphatic carbocycles. The summed E-state index contributed by atoms with van der Waals surface area (Å²) < 4.78 is 5.41. The number of H-pyrrole nitrogens is 1. The van der Waals surface area contributed by atoms with Gasteiger partial charge in [-0.1, -0.05) is 6.07 Å². The Morgan fingerprint density at radius 1 is 1.28 bits per heavy atom. The normalized spacial score (nSPS) is 10.7. The van der Waals surface area contributed by atoms with Gasteiger partial charge >= 0.3 is 0 Å². The molecule has 2 heterocycles. The summed E-state index contributed by atoms with van der Waals surface area (Å²) in [7, 11) is 0. The summed E-state index contributed by atoms with van der Waals surface area (Å²) in [6, 6.07) is 5.16. The van der Waals surface area contributed by atoms with Crippen molar-refractivity contribution in [1.82, 2.24) is 20.5 Å². The summed E-state index contributed by atoms with van der Waals surface area (Å²) in [6.07, 6.45) is 2.33. The minimum absolute atomic E-state index is 0.130. The Bertz CT molecular complexity index is 727. The monoisotopic (exact) mass is 345 g/mol. The zero-order chi connectivity index (χ0) is 18.2. The third-order valence-electron chi connectivity index (χ3n) is 3.28. The lowest BCUT2D eigenvalue weighted by Crippen LogP contribution is -2.27. The number of hydrogen-bond acceptors (Lipinski definition) is 5. The first kappa shape index (κ1) is 18.6. The number of anilines is 1. The Kier molecular flexibility index (Phi) is 6.64. The standard InChI is InChI=1S/C17H23N5O3/c1-11(2)25-9-5-8-18-17(24)15-14(10-19-22-15)21-16(23)13-7-4-6-12(3)20-13/h4,6-7,10-11H,5,8-9H2,1-3H3,(H,18,24)(H,19,22)(H,21,23). The number of aryl methyl sites for hydroxylation is 1. The fourth-order valence-electron chi connectivity index (χ4n) is 2.09. The number of hydrogen-bond donors (Lipinski definition) is 3. The van der Waals surface area contributed by atoms with Gasteiger partial charge in [-0.2, -0.15) is 5.10 Å².